The number of aromatic nitrogens is 3. The summed E-state index contributed by atoms with van der Waals surface area (Å²) >= 11 is 0. The smallest absolute Gasteiger partial charge is 0.274 e. The van der Waals surface area contributed by atoms with Crippen LogP contribution in [0.2, 0.25) is 0 Å². The minimum atomic E-state index is -2.92. The van der Waals surface area contributed by atoms with Crippen molar-refractivity contribution < 1.29 is 13.2 Å². The van der Waals surface area contributed by atoms with E-state index >= 15 is 0 Å². The number of benzene rings is 1. The number of pyridine rings is 1. The Morgan fingerprint density at radius 1 is 1.19 bits per heavy atom. The summed E-state index contributed by atoms with van der Waals surface area (Å²) in [5.74, 6) is -0.692. The Hall–Kier alpha value is -3.10. The summed E-state index contributed by atoms with van der Waals surface area (Å²) in [4.78, 5) is 25.2. The van der Waals surface area contributed by atoms with E-state index < -0.39 is 29.4 Å². The van der Waals surface area contributed by atoms with Gasteiger partial charge >= 0.3 is 0 Å². The highest BCUT2D eigenvalue weighted by Gasteiger charge is 2.64. The molecule has 0 radical (unpaired) electrons. The third-order valence-electron chi connectivity index (χ3n) is 6.60. The number of fused-ring (bicyclic) bond motifs is 1. The zero-order valence-corrected chi connectivity index (χ0v) is 17.0. The van der Waals surface area contributed by atoms with Crippen molar-refractivity contribution in [2.45, 2.75) is 44.7 Å². The summed E-state index contributed by atoms with van der Waals surface area (Å²) in [5, 5.41) is 7.97. The van der Waals surface area contributed by atoms with E-state index in [4.69, 9.17) is 0 Å². The van der Waals surface area contributed by atoms with Crippen molar-refractivity contribution in [1.29, 1.82) is 0 Å². The molecule has 162 valence electrons. The number of hydrogen-bond donors (Lipinski definition) is 1. The molecule has 3 aromatic rings. The Bertz CT molecular complexity index is 1330. The molecule has 5 rings (SSSR count). The van der Waals surface area contributed by atoms with E-state index in [2.05, 4.69) is 10.4 Å². The zero-order chi connectivity index (χ0) is 22.1. The second-order valence-electron chi connectivity index (χ2n) is 8.62. The van der Waals surface area contributed by atoms with E-state index in [1.54, 1.807) is 17.7 Å². The average Bonchev–Trinajstić information content (AvgIpc) is 3.64. The number of nitrogens with zero attached hydrogens (tertiary/aromatic N) is 3. The van der Waals surface area contributed by atoms with E-state index in [0.29, 0.717) is 5.39 Å². The number of aryl methyl sites for hydroxylation is 1. The second kappa shape index (κ2) is 6.70. The molecule has 0 bridgehead atoms. The Morgan fingerprint density at radius 2 is 1.90 bits per heavy atom. The fourth-order valence-corrected chi connectivity index (χ4v) is 4.46. The number of alkyl halides is 2. The van der Waals surface area contributed by atoms with Crippen LogP contribution in [0, 0.1) is 11.2 Å². The molecule has 2 aromatic heterocycles. The Kier molecular flexibility index (Phi) is 4.29. The van der Waals surface area contributed by atoms with Crippen LogP contribution < -0.4 is 16.4 Å². The summed E-state index contributed by atoms with van der Waals surface area (Å²) < 4.78 is 43.6. The summed E-state index contributed by atoms with van der Waals surface area (Å²) in [5.41, 5.74) is -1.03. The summed E-state index contributed by atoms with van der Waals surface area (Å²) in [7, 11) is 1.46. The first-order valence-corrected chi connectivity index (χ1v) is 10.2. The minimum Gasteiger partial charge on any atom is -0.361 e. The van der Waals surface area contributed by atoms with E-state index in [-0.39, 0.29) is 33.8 Å². The molecule has 6 nitrogen and oxygen atoms in total. The van der Waals surface area contributed by atoms with E-state index in [1.807, 2.05) is 0 Å². The first-order chi connectivity index (χ1) is 14.7. The first kappa shape index (κ1) is 19.8. The Labute approximate surface area is 175 Å². The van der Waals surface area contributed by atoms with Crippen LogP contribution in [-0.2, 0) is 7.05 Å². The molecule has 1 spiro atoms. The topological polar surface area (TPSA) is 68.9 Å². The molecule has 2 fully saturated rings. The highest BCUT2D eigenvalue weighted by atomic mass is 19.3. The van der Waals surface area contributed by atoms with Crippen molar-refractivity contribution >= 4 is 16.6 Å². The van der Waals surface area contributed by atoms with Crippen LogP contribution in [0.1, 0.15) is 55.8 Å². The molecule has 1 aromatic carbocycles. The number of rotatable bonds is 5. The molecule has 2 aliphatic carbocycles. The molecule has 0 saturated heterocycles. The maximum absolute atomic E-state index is 14.6. The normalized spacial score (nSPS) is 19.7. The molecular formula is C22H21F3N4O2. The maximum atomic E-state index is 14.6. The van der Waals surface area contributed by atoms with E-state index in [9.17, 15) is 22.8 Å². The van der Waals surface area contributed by atoms with Gasteiger partial charge in [0.05, 0.1) is 17.0 Å². The number of halogens is 3. The fourth-order valence-electron chi connectivity index (χ4n) is 4.46. The van der Waals surface area contributed by atoms with Crippen molar-refractivity contribution in [3.8, 4) is 0 Å². The maximum Gasteiger partial charge on any atom is 0.274 e. The Balaban J connectivity index is 1.59. The van der Waals surface area contributed by atoms with Crippen LogP contribution in [0.3, 0.4) is 0 Å². The SMILES string of the molecule is CC(Nc1nn(C)c(=O)c2cc(=O)n([C@@H]3CC34CC4)cc12)c1cccc(C(F)F)c1F. The van der Waals surface area contributed by atoms with Gasteiger partial charge < -0.3 is 9.88 Å². The quantitative estimate of drug-likeness (QED) is 0.663. The zero-order valence-electron chi connectivity index (χ0n) is 17.0. The predicted molar refractivity (Wildman–Crippen MR) is 110 cm³/mol. The molecule has 0 amide bonds. The van der Waals surface area contributed by atoms with Gasteiger partial charge in [-0.2, -0.15) is 5.10 Å². The van der Waals surface area contributed by atoms with Gasteiger partial charge in [-0.05, 0) is 31.6 Å². The lowest BCUT2D eigenvalue weighted by molar-refractivity contribution is 0.146. The lowest BCUT2D eigenvalue weighted by Crippen LogP contribution is -2.26. The van der Waals surface area contributed by atoms with Crippen molar-refractivity contribution in [2.75, 3.05) is 5.32 Å². The van der Waals surface area contributed by atoms with Gasteiger partial charge in [0.15, 0.2) is 5.82 Å². The molecule has 2 heterocycles. The molecule has 1 N–H and O–H groups in total. The average molecular weight is 430 g/mol. The van der Waals surface area contributed by atoms with E-state index in [1.165, 1.54) is 25.2 Å². The van der Waals surface area contributed by atoms with Gasteiger partial charge in [-0.15, -0.1) is 0 Å². The number of hydrogen-bond acceptors (Lipinski definition) is 4. The predicted octanol–water partition coefficient (Wildman–Crippen LogP) is 4.07. The van der Waals surface area contributed by atoms with Crippen molar-refractivity contribution in [1.82, 2.24) is 14.3 Å². The molecule has 2 aliphatic rings. The van der Waals surface area contributed by atoms with Gasteiger partial charge in [-0.1, -0.05) is 18.2 Å². The van der Waals surface area contributed by atoms with Crippen LogP contribution in [0.5, 0.6) is 0 Å². The van der Waals surface area contributed by atoms with Gasteiger partial charge in [0, 0.05) is 36.3 Å². The molecule has 0 aliphatic heterocycles. The molecular weight excluding hydrogens is 409 g/mol. The molecule has 31 heavy (non-hydrogen) atoms. The highest BCUT2D eigenvalue weighted by Crippen LogP contribution is 2.72. The van der Waals surface area contributed by atoms with Crippen LogP contribution in [-0.4, -0.2) is 14.3 Å². The largest absolute Gasteiger partial charge is 0.361 e. The van der Waals surface area contributed by atoms with Gasteiger partial charge in [0.2, 0.25) is 0 Å². The summed E-state index contributed by atoms with van der Waals surface area (Å²) in [6.45, 7) is 1.63. The van der Waals surface area contributed by atoms with E-state index in [0.717, 1.165) is 30.0 Å². The highest BCUT2D eigenvalue weighted by molar-refractivity contribution is 5.90. The van der Waals surface area contributed by atoms with Gasteiger partial charge in [0.25, 0.3) is 17.5 Å². The second-order valence-corrected chi connectivity index (χ2v) is 8.62. The summed E-state index contributed by atoms with van der Waals surface area (Å²) in [6, 6.07) is 4.60. The van der Waals surface area contributed by atoms with Crippen LogP contribution >= 0.6 is 0 Å². The lowest BCUT2D eigenvalue weighted by atomic mass is 10.0. The van der Waals surface area contributed by atoms with Crippen molar-refractivity contribution in [3.63, 3.8) is 0 Å². The lowest BCUT2D eigenvalue weighted by Gasteiger charge is -2.19. The number of anilines is 1. The first-order valence-electron chi connectivity index (χ1n) is 10.2. The monoisotopic (exact) mass is 430 g/mol. The molecule has 2 atom stereocenters. The minimum absolute atomic E-state index is 0.0639. The number of nitrogens with one attached hydrogen (secondary N) is 1. The fraction of sp³-hybridized carbons (Fsp3) is 0.409. The van der Waals surface area contributed by atoms with Crippen LogP contribution in [0.4, 0.5) is 19.0 Å². The molecule has 2 saturated carbocycles. The van der Waals surface area contributed by atoms with Crippen molar-refractivity contribution in [3.05, 3.63) is 68.1 Å². The Morgan fingerprint density at radius 3 is 2.55 bits per heavy atom. The molecule has 1 unspecified atom stereocenters. The standard InChI is InChI=1S/C22H21F3N4O2/c1-11(12-4-3-5-13(18(12)23)19(24)25)26-20-15-10-29(16-9-22(16)6-7-22)17(30)8-14(15)21(31)28(2)27-20/h3-5,8,10-11,16,19H,6-7,9H2,1-2H3,(H,26,27)/t11?,16-/m1/s1. The third kappa shape index (κ3) is 3.14. The van der Waals surface area contributed by atoms with Crippen molar-refractivity contribution in [2.24, 2.45) is 12.5 Å². The van der Waals surface area contributed by atoms with Crippen LogP contribution in [0.25, 0.3) is 10.8 Å². The van der Waals surface area contributed by atoms with Gasteiger partial charge in [0.1, 0.15) is 5.82 Å². The third-order valence-corrected chi connectivity index (χ3v) is 6.60. The molecule has 9 heteroatoms. The van der Waals surface area contributed by atoms with Gasteiger partial charge in [-0.3, -0.25) is 9.59 Å². The van der Waals surface area contributed by atoms with Crippen LogP contribution in [0.15, 0.2) is 40.1 Å². The summed E-state index contributed by atoms with van der Waals surface area (Å²) in [6.07, 6.45) is 1.86. The van der Waals surface area contributed by atoms with Gasteiger partial charge in [-0.25, -0.2) is 17.9 Å².